The van der Waals surface area contributed by atoms with Crippen molar-refractivity contribution in [2.75, 3.05) is 20.3 Å². The number of carbonyl (C=O) groups is 1. The zero-order chi connectivity index (χ0) is 27.1. The summed E-state index contributed by atoms with van der Waals surface area (Å²) in [6.07, 6.45) is 1.80. The van der Waals surface area contributed by atoms with Gasteiger partial charge in [-0.1, -0.05) is 23.7 Å². The number of alkyl halides is 2. The molecule has 2 N–H and O–H groups in total. The van der Waals surface area contributed by atoms with Crippen molar-refractivity contribution in [3.05, 3.63) is 76.4 Å². The van der Waals surface area contributed by atoms with E-state index in [2.05, 4.69) is 5.10 Å². The standard InChI is InChI=1S/C26H23ClF2N4O5/c1-36-22-9-19(6-7-21(22)37-14-25(38-23(34)10-30)12-26(28,29)13-25)32-15-31-33-11-17(8-20(33)24(32)35)16-2-4-18(27)5-3-16/h2-9,11,15H,10,12-14,30H2,1H3. The molecule has 4 aromatic rings. The van der Waals surface area contributed by atoms with Crippen molar-refractivity contribution in [2.45, 2.75) is 24.4 Å². The molecule has 12 heteroatoms. The van der Waals surface area contributed by atoms with E-state index in [4.69, 9.17) is 31.5 Å². The van der Waals surface area contributed by atoms with Crippen molar-refractivity contribution in [2.24, 2.45) is 5.73 Å². The van der Waals surface area contributed by atoms with Gasteiger partial charge in [-0.25, -0.2) is 13.3 Å². The predicted molar refractivity (Wildman–Crippen MR) is 135 cm³/mol. The molecule has 0 saturated heterocycles. The van der Waals surface area contributed by atoms with Crippen LogP contribution in [0.2, 0.25) is 5.02 Å². The van der Waals surface area contributed by atoms with Crippen LogP contribution in [-0.4, -0.2) is 51.9 Å². The van der Waals surface area contributed by atoms with Crippen LogP contribution in [0.4, 0.5) is 8.78 Å². The fourth-order valence-electron chi connectivity index (χ4n) is 4.49. The number of benzene rings is 2. The first-order valence-electron chi connectivity index (χ1n) is 11.6. The number of nitrogens with two attached hydrogens (primary N) is 1. The van der Waals surface area contributed by atoms with Gasteiger partial charge in [-0.15, -0.1) is 0 Å². The highest BCUT2D eigenvalue weighted by atomic mass is 35.5. The summed E-state index contributed by atoms with van der Waals surface area (Å²) < 4.78 is 46.4. The van der Waals surface area contributed by atoms with E-state index < -0.39 is 36.9 Å². The largest absolute Gasteiger partial charge is 0.493 e. The summed E-state index contributed by atoms with van der Waals surface area (Å²) in [6.45, 7) is -0.740. The van der Waals surface area contributed by atoms with E-state index in [1.807, 2.05) is 12.1 Å². The molecule has 0 aliphatic heterocycles. The molecule has 1 aliphatic rings. The van der Waals surface area contributed by atoms with Crippen LogP contribution in [0.1, 0.15) is 12.8 Å². The number of hydrogen-bond donors (Lipinski definition) is 1. The average molecular weight is 545 g/mol. The Morgan fingerprint density at radius 2 is 1.84 bits per heavy atom. The Bertz CT molecular complexity index is 1560. The zero-order valence-electron chi connectivity index (χ0n) is 20.2. The number of aromatic nitrogens is 3. The van der Waals surface area contributed by atoms with E-state index in [9.17, 15) is 18.4 Å². The quantitative estimate of drug-likeness (QED) is 0.335. The Kier molecular flexibility index (Phi) is 6.58. The zero-order valence-corrected chi connectivity index (χ0v) is 21.0. The van der Waals surface area contributed by atoms with Crippen molar-refractivity contribution in [1.82, 2.24) is 14.2 Å². The summed E-state index contributed by atoms with van der Waals surface area (Å²) in [5.74, 6) is -3.27. The van der Waals surface area contributed by atoms with Crippen LogP contribution in [0.3, 0.4) is 0 Å². The first kappa shape index (κ1) is 25.7. The Balaban J connectivity index is 1.40. The number of halogens is 3. The summed E-state index contributed by atoms with van der Waals surface area (Å²) in [6, 6.07) is 13.7. The normalized spacial score (nSPS) is 15.6. The van der Waals surface area contributed by atoms with Crippen molar-refractivity contribution >= 4 is 23.1 Å². The van der Waals surface area contributed by atoms with Crippen molar-refractivity contribution in [3.63, 3.8) is 0 Å². The van der Waals surface area contributed by atoms with Crippen molar-refractivity contribution in [3.8, 4) is 28.3 Å². The Morgan fingerprint density at radius 1 is 1.11 bits per heavy atom. The average Bonchev–Trinajstić information content (AvgIpc) is 3.32. The number of esters is 1. The number of ether oxygens (including phenoxy) is 3. The third-order valence-corrected chi connectivity index (χ3v) is 6.53. The topological polar surface area (TPSA) is 110 Å². The third-order valence-electron chi connectivity index (χ3n) is 6.28. The summed E-state index contributed by atoms with van der Waals surface area (Å²) in [5, 5.41) is 4.96. The molecule has 0 bridgehead atoms. The molecular formula is C26H23ClF2N4O5. The highest BCUT2D eigenvalue weighted by Crippen LogP contribution is 2.48. The van der Waals surface area contributed by atoms with E-state index >= 15 is 0 Å². The molecule has 38 heavy (non-hydrogen) atoms. The van der Waals surface area contributed by atoms with E-state index in [-0.39, 0.29) is 23.7 Å². The van der Waals surface area contributed by atoms with E-state index in [1.54, 1.807) is 36.5 Å². The molecule has 2 aromatic carbocycles. The van der Waals surface area contributed by atoms with E-state index in [0.29, 0.717) is 16.2 Å². The van der Waals surface area contributed by atoms with Gasteiger partial charge in [-0.3, -0.25) is 14.2 Å². The molecule has 0 spiro atoms. The van der Waals surface area contributed by atoms with Gasteiger partial charge in [0.15, 0.2) is 17.1 Å². The van der Waals surface area contributed by atoms with Crippen LogP contribution < -0.4 is 20.8 Å². The molecule has 2 heterocycles. The van der Waals surface area contributed by atoms with Gasteiger partial charge >= 0.3 is 5.97 Å². The maximum atomic E-state index is 13.6. The predicted octanol–water partition coefficient (Wildman–Crippen LogP) is 3.86. The molecule has 1 aliphatic carbocycles. The maximum Gasteiger partial charge on any atom is 0.320 e. The van der Waals surface area contributed by atoms with Crippen LogP contribution in [0.5, 0.6) is 11.5 Å². The van der Waals surface area contributed by atoms with Gasteiger partial charge in [-0.2, -0.15) is 5.10 Å². The first-order valence-corrected chi connectivity index (χ1v) is 12.0. The minimum absolute atomic E-state index is 0.226. The molecule has 0 amide bonds. The summed E-state index contributed by atoms with van der Waals surface area (Å²) in [4.78, 5) is 25.0. The highest BCUT2D eigenvalue weighted by molar-refractivity contribution is 6.30. The van der Waals surface area contributed by atoms with Gasteiger partial charge in [-0.05, 0) is 35.9 Å². The summed E-state index contributed by atoms with van der Waals surface area (Å²) in [5.41, 5.74) is 5.96. The minimum atomic E-state index is -2.95. The van der Waals surface area contributed by atoms with Crippen LogP contribution >= 0.6 is 11.6 Å². The monoisotopic (exact) mass is 544 g/mol. The van der Waals surface area contributed by atoms with Crippen LogP contribution in [0.25, 0.3) is 22.3 Å². The molecule has 9 nitrogen and oxygen atoms in total. The number of methoxy groups -OCH3 is 1. The third kappa shape index (κ3) is 4.94. The molecule has 5 rings (SSSR count). The van der Waals surface area contributed by atoms with Crippen LogP contribution in [-0.2, 0) is 9.53 Å². The molecule has 2 aromatic heterocycles. The first-order chi connectivity index (χ1) is 18.1. The number of fused-ring (bicyclic) bond motifs is 1. The number of hydrogen-bond acceptors (Lipinski definition) is 7. The number of rotatable bonds is 8. The van der Waals surface area contributed by atoms with Gasteiger partial charge in [0.1, 0.15) is 18.5 Å². The summed E-state index contributed by atoms with van der Waals surface area (Å²) in [7, 11) is 1.41. The second-order valence-electron chi connectivity index (χ2n) is 9.07. The van der Waals surface area contributed by atoms with Crippen LogP contribution in [0.15, 0.2) is 65.8 Å². The lowest BCUT2D eigenvalue weighted by atomic mass is 9.77. The molecule has 0 unspecified atom stereocenters. The van der Waals surface area contributed by atoms with Crippen molar-refractivity contribution < 1.29 is 27.8 Å². The van der Waals surface area contributed by atoms with E-state index in [1.165, 1.54) is 28.6 Å². The van der Waals surface area contributed by atoms with Gasteiger partial charge < -0.3 is 19.9 Å². The molecule has 1 fully saturated rings. The summed E-state index contributed by atoms with van der Waals surface area (Å²) >= 11 is 5.97. The second kappa shape index (κ2) is 9.73. The Morgan fingerprint density at radius 3 is 2.50 bits per heavy atom. The lowest BCUT2D eigenvalue weighted by Gasteiger charge is -2.45. The molecule has 1 saturated carbocycles. The van der Waals surface area contributed by atoms with Gasteiger partial charge in [0.25, 0.3) is 11.5 Å². The fraction of sp³-hybridized carbons (Fsp3) is 0.269. The molecule has 0 atom stereocenters. The molecule has 198 valence electrons. The number of carbonyl (C=O) groups excluding carboxylic acids is 1. The van der Waals surface area contributed by atoms with Gasteiger partial charge in [0.05, 0.1) is 32.2 Å². The molecule has 0 radical (unpaired) electrons. The maximum absolute atomic E-state index is 13.6. The van der Waals surface area contributed by atoms with Crippen LogP contribution in [0, 0.1) is 0 Å². The lowest BCUT2D eigenvalue weighted by molar-refractivity contribution is -0.233. The second-order valence-corrected chi connectivity index (χ2v) is 9.50. The Hall–Kier alpha value is -3.96. The SMILES string of the molecule is COc1cc(-n2cnn3cc(-c4ccc(Cl)cc4)cc3c2=O)ccc1OCC1(OC(=O)CN)CC(F)(F)C1. The van der Waals surface area contributed by atoms with Gasteiger partial charge in [0.2, 0.25) is 0 Å². The fourth-order valence-corrected chi connectivity index (χ4v) is 4.61. The van der Waals surface area contributed by atoms with Crippen molar-refractivity contribution in [1.29, 1.82) is 0 Å². The Labute approximate surface area is 220 Å². The van der Waals surface area contributed by atoms with E-state index in [0.717, 1.165) is 11.1 Å². The number of nitrogens with zero attached hydrogens (tertiary/aromatic N) is 3. The highest BCUT2D eigenvalue weighted by Gasteiger charge is 2.60. The smallest absolute Gasteiger partial charge is 0.320 e. The van der Waals surface area contributed by atoms with Gasteiger partial charge in [0, 0.05) is 22.8 Å². The lowest BCUT2D eigenvalue weighted by Crippen LogP contribution is -2.58. The molecular weight excluding hydrogens is 522 g/mol. The minimum Gasteiger partial charge on any atom is -0.493 e.